The number of nitrogens with one attached hydrogen (secondary N) is 1. The molecule has 0 aliphatic carbocycles. The van der Waals surface area contributed by atoms with E-state index in [1.807, 2.05) is 18.2 Å². The van der Waals surface area contributed by atoms with E-state index in [0.717, 1.165) is 16.7 Å². The van der Waals surface area contributed by atoms with Crippen LogP contribution in [0.15, 0.2) is 60.9 Å². The number of carbonyl (C=O) groups excluding carboxylic acids is 1. The molecule has 1 heterocycles. The van der Waals surface area contributed by atoms with Gasteiger partial charge in [0.1, 0.15) is 5.82 Å². The van der Waals surface area contributed by atoms with Crippen LogP contribution in [-0.2, 0) is 6.54 Å². The van der Waals surface area contributed by atoms with Gasteiger partial charge in [-0.25, -0.2) is 4.39 Å². The first-order valence-corrected chi connectivity index (χ1v) is 8.09. The molecule has 0 saturated carbocycles. The first-order chi connectivity index (χ1) is 12.0. The molecule has 3 aromatic rings. The lowest BCUT2D eigenvalue weighted by molar-refractivity contribution is 0.0950. The minimum Gasteiger partial charge on any atom is -0.348 e. The summed E-state index contributed by atoms with van der Waals surface area (Å²) >= 11 is 0. The number of aryl methyl sites for hydroxylation is 1. The van der Waals surface area contributed by atoms with Crippen LogP contribution in [0.2, 0.25) is 0 Å². The highest BCUT2D eigenvalue weighted by Crippen LogP contribution is 2.25. The maximum absolute atomic E-state index is 12.9. The Morgan fingerprint density at radius 3 is 2.60 bits per heavy atom. The quantitative estimate of drug-likeness (QED) is 0.767. The van der Waals surface area contributed by atoms with Gasteiger partial charge in [0.05, 0.1) is 5.56 Å². The number of pyridine rings is 1. The molecule has 2 aromatic carbocycles. The summed E-state index contributed by atoms with van der Waals surface area (Å²) in [5.74, 6) is -0.496. The van der Waals surface area contributed by atoms with Crippen LogP contribution in [0.1, 0.15) is 27.0 Å². The summed E-state index contributed by atoms with van der Waals surface area (Å²) in [6.07, 6.45) is 3.31. The highest BCUT2D eigenvalue weighted by Gasteiger charge is 2.10. The van der Waals surface area contributed by atoms with Crippen LogP contribution in [0, 0.1) is 19.7 Å². The number of halogens is 1. The van der Waals surface area contributed by atoms with Crippen molar-refractivity contribution in [2.45, 2.75) is 20.4 Å². The first kappa shape index (κ1) is 16.8. The van der Waals surface area contributed by atoms with Gasteiger partial charge in [-0.15, -0.1) is 0 Å². The van der Waals surface area contributed by atoms with Crippen LogP contribution in [0.5, 0.6) is 0 Å². The Morgan fingerprint density at radius 1 is 1.08 bits per heavy atom. The second-order valence-electron chi connectivity index (χ2n) is 6.02. The van der Waals surface area contributed by atoms with Crippen LogP contribution in [0.4, 0.5) is 4.39 Å². The molecule has 0 saturated heterocycles. The van der Waals surface area contributed by atoms with Gasteiger partial charge < -0.3 is 5.32 Å². The Bertz CT molecular complexity index is 904. The van der Waals surface area contributed by atoms with Gasteiger partial charge in [-0.3, -0.25) is 9.78 Å². The predicted molar refractivity (Wildman–Crippen MR) is 96.7 cm³/mol. The minimum atomic E-state index is -0.291. The number of hydrogen-bond donors (Lipinski definition) is 1. The standard InChI is InChI=1S/C21H19FN2O/c1-14-4-3-5-20(15(14)2)17-10-18(13-23-12-17)21(25)24-11-16-6-8-19(22)9-7-16/h3-10,12-13H,11H2,1-2H3,(H,24,25). The number of carbonyl (C=O) groups is 1. The van der Waals surface area contributed by atoms with Crippen molar-refractivity contribution < 1.29 is 9.18 Å². The van der Waals surface area contributed by atoms with E-state index in [-0.39, 0.29) is 11.7 Å². The van der Waals surface area contributed by atoms with E-state index in [1.165, 1.54) is 23.3 Å². The summed E-state index contributed by atoms with van der Waals surface area (Å²) in [7, 11) is 0. The van der Waals surface area contributed by atoms with Gasteiger partial charge in [0, 0.05) is 24.5 Å². The Balaban J connectivity index is 1.77. The molecule has 0 aliphatic rings. The van der Waals surface area contributed by atoms with Crippen molar-refractivity contribution >= 4 is 5.91 Å². The number of nitrogens with zero attached hydrogens (tertiary/aromatic N) is 1. The third-order valence-electron chi connectivity index (χ3n) is 4.28. The monoisotopic (exact) mass is 334 g/mol. The smallest absolute Gasteiger partial charge is 0.253 e. The van der Waals surface area contributed by atoms with E-state index in [1.54, 1.807) is 24.5 Å². The van der Waals surface area contributed by atoms with E-state index >= 15 is 0 Å². The van der Waals surface area contributed by atoms with Crippen LogP contribution in [0.3, 0.4) is 0 Å². The van der Waals surface area contributed by atoms with Gasteiger partial charge in [0.25, 0.3) is 5.91 Å². The third-order valence-corrected chi connectivity index (χ3v) is 4.28. The average molecular weight is 334 g/mol. The zero-order chi connectivity index (χ0) is 17.8. The number of hydrogen-bond acceptors (Lipinski definition) is 2. The molecule has 1 amide bonds. The topological polar surface area (TPSA) is 42.0 Å². The van der Waals surface area contributed by atoms with Gasteiger partial charge in [-0.2, -0.15) is 0 Å². The molecule has 3 rings (SSSR count). The summed E-state index contributed by atoms with van der Waals surface area (Å²) in [6, 6.07) is 14.0. The summed E-state index contributed by atoms with van der Waals surface area (Å²) in [4.78, 5) is 16.6. The Hall–Kier alpha value is -3.01. The lowest BCUT2D eigenvalue weighted by Crippen LogP contribution is -2.23. The van der Waals surface area contributed by atoms with Gasteiger partial charge >= 0.3 is 0 Å². The van der Waals surface area contributed by atoms with Crippen molar-refractivity contribution in [1.82, 2.24) is 10.3 Å². The maximum atomic E-state index is 12.9. The van der Waals surface area contributed by atoms with Gasteiger partial charge in [-0.05, 0) is 54.3 Å². The molecule has 1 aromatic heterocycles. The third kappa shape index (κ3) is 3.91. The largest absolute Gasteiger partial charge is 0.348 e. The van der Waals surface area contributed by atoms with Gasteiger partial charge in [0.2, 0.25) is 0 Å². The predicted octanol–water partition coefficient (Wildman–Crippen LogP) is 4.43. The molecular weight excluding hydrogens is 315 g/mol. The fourth-order valence-corrected chi connectivity index (χ4v) is 2.66. The van der Waals surface area contributed by atoms with Crippen LogP contribution >= 0.6 is 0 Å². The van der Waals surface area contributed by atoms with Crippen LogP contribution in [-0.4, -0.2) is 10.9 Å². The highest BCUT2D eigenvalue weighted by atomic mass is 19.1. The second-order valence-corrected chi connectivity index (χ2v) is 6.02. The lowest BCUT2D eigenvalue weighted by Gasteiger charge is -2.10. The highest BCUT2D eigenvalue weighted by molar-refractivity contribution is 5.95. The summed E-state index contributed by atoms with van der Waals surface area (Å²) in [6.45, 7) is 4.46. The molecule has 4 heteroatoms. The number of amides is 1. The maximum Gasteiger partial charge on any atom is 0.253 e. The van der Waals surface area contributed by atoms with Crippen LogP contribution < -0.4 is 5.32 Å². The fraction of sp³-hybridized carbons (Fsp3) is 0.143. The molecule has 0 spiro atoms. The average Bonchev–Trinajstić information content (AvgIpc) is 2.63. The SMILES string of the molecule is Cc1cccc(-c2cncc(C(=O)NCc3ccc(F)cc3)c2)c1C. The van der Waals surface area contributed by atoms with Gasteiger partial charge in [0.15, 0.2) is 0 Å². The van der Waals surface area contributed by atoms with Crippen LogP contribution in [0.25, 0.3) is 11.1 Å². The Morgan fingerprint density at radius 2 is 1.84 bits per heavy atom. The Kier molecular flexibility index (Phi) is 4.89. The molecular formula is C21H19FN2O. The molecule has 0 unspecified atom stereocenters. The number of benzene rings is 2. The van der Waals surface area contributed by atoms with Crippen molar-refractivity contribution in [2.75, 3.05) is 0 Å². The molecule has 1 N–H and O–H groups in total. The van der Waals surface area contributed by atoms with Crippen molar-refractivity contribution in [3.8, 4) is 11.1 Å². The molecule has 25 heavy (non-hydrogen) atoms. The lowest BCUT2D eigenvalue weighted by atomic mass is 9.97. The molecule has 0 aliphatic heterocycles. The first-order valence-electron chi connectivity index (χ1n) is 8.09. The Labute approximate surface area is 146 Å². The van der Waals surface area contributed by atoms with Crippen molar-refractivity contribution in [3.63, 3.8) is 0 Å². The van der Waals surface area contributed by atoms with E-state index in [0.29, 0.717) is 12.1 Å². The van der Waals surface area contributed by atoms with E-state index in [2.05, 4.69) is 30.2 Å². The number of aromatic nitrogens is 1. The molecule has 0 radical (unpaired) electrons. The molecule has 0 bridgehead atoms. The fourth-order valence-electron chi connectivity index (χ4n) is 2.66. The van der Waals surface area contributed by atoms with E-state index in [9.17, 15) is 9.18 Å². The van der Waals surface area contributed by atoms with Crippen molar-refractivity contribution in [2.24, 2.45) is 0 Å². The molecule has 3 nitrogen and oxygen atoms in total. The molecule has 0 atom stereocenters. The van der Waals surface area contributed by atoms with E-state index in [4.69, 9.17) is 0 Å². The molecule has 126 valence electrons. The normalized spacial score (nSPS) is 10.5. The zero-order valence-corrected chi connectivity index (χ0v) is 14.2. The van der Waals surface area contributed by atoms with Crippen molar-refractivity contribution in [1.29, 1.82) is 0 Å². The number of rotatable bonds is 4. The summed E-state index contributed by atoms with van der Waals surface area (Å²) < 4.78 is 12.9. The van der Waals surface area contributed by atoms with E-state index < -0.39 is 0 Å². The van der Waals surface area contributed by atoms with Gasteiger partial charge in [-0.1, -0.05) is 30.3 Å². The zero-order valence-electron chi connectivity index (χ0n) is 14.2. The minimum absolute atomic E-state index is 0.205. The van der Waals surface area contributed by atoms with Crippen molar-refractivity contribution in [3.05, 3.63) is 89.0 Å². The second kappa shape index (κ2) is 7.26. The summed E-state index contributed by atoms with van der Waals surface area (Å²) in [5.41, 5.74) is 5.70. The summed E-state index contributed by atoms with van der Waals surface area (Å²) in [5, 5.41) is 2.84. The molecule has 0 fully saturated rings.